The molecule has 3 nitrogen and oxygen atoms in total. The average molecular weight is 256 g/mol. The minimum atomic E-state index is -0.242. The number of nitrogens with zero attached hydrogens (tertiary/aromatic N) is 1. The van der Waals surface area contributed by atoms with Crippen LogP contribution in [0.5, 0.6) is 5.88 Å². The van der Waals surface area contributed by atoms with Crippen molar-refractivity contribution in [3.05, 3.63) is 30.5 Å². The van der Waals surface area contributed by atoms with Gasteiger partial charge in [0, 0.05) is 17.9 Å². The van der Waals surface area contributed by atoms with Crippen LogP contribution < -0.4 is 10.1 Å². The fourth-order valence-electron chi connectivity index (χ4n) is 2.13. The van der Waals surface area contributed by atoms with Gasteiger partial charge in [0.05, 0.1) is 5.39 Å². The summed E-state index contributed by atoms with van der Waals surface area (Å²) >= 11 is 0. The summed E-state index contributed by atoms with van der Waals surface area (Å²) in [6.45, 7) is 6.14. The van der Waals surface area contributed by atoms with E-state index in [0.717, 1.165) is 11.1 Å². The molecule has 1 aliphatic carbocycles. The van der Waals surface area contributed by atoms with Gasteiger partial charge in [-0.3, -0.25) is 0 Å². The second-order valence-electron chi connectivity index (χ2n) is 6.15. The third-order valence-corrected chi connectivity index (χ3v) is 3.10. The van der Waals surface area contributed by atoms with Gasteiger partial charge in [0.15, 0.2) is 0 Å². The topological polar surface area (TPSA) is 34.1 Å². The first-order valence-corrected chi connectivity index (χ1v) is 6.86. The molecule has 19 heavy (non-hydrogen) atoms. The zero-order valence-corrected chi connectivity index (χ0v) is 11.7. The maximum atomic E-state index is 6.01. The van der Waals surface area contributed by atoms with Crippen molar-refractivity contribution < 1.29 is 4.74 Å². The second-order valence-corrected chi connectivity index (χ2v) is 6.15. The lowest BCUT2D eigenvalue weighted by atomic mass is 10.1. The molecule has 0 amide bonds. The molecular formula is C16H20N2O. The third-order valence-electron chi connectivity index (χ3n) is 3.10. The molecule has 0 saturated heterocycles. The van der Waals surface area contributed by atoms with Crippen LogP contribution in [0.25, 0.3) is 10.8 Å². The Morgan fingerprint density at radius 1 is 1.21 bits per heavy atom. The molecule has 3 rings (SSSR count). The van der Waals surface area contributed by atoms with Gasteiger partial charge in [-0.25, -0.2) is 4.98 Å². The number of benzene rings is 1. The lowest BCUT2D eigenvalue weighted by Gasteiger charge is -2.22. The average Bonchev–Trinajstić information content (AvgIpc) is 3.11. The summed E-state index contributed by atoms with van der Waals surface area (Å²) < 4.78 is 6.01. The number of hydrogen-bond donors (Lipinski definition) is 1. The highest BCUT2D eigenvalue weighted by atomic mass is 16.5. The molecule has 3 heteroatoms. The standard InChI is InChI=1S/C16H20N2O/c1-16(2,3)19-15-14-11(9-10-17-15)5-4-6-13(14)18-12-7-8-12/h4-6,9-10,12,18H,7-8H2,1-3H3. The molecule has 1 aromatic carbocycles. The maximum absolute atomic E-state index is 6.01. The number of fused-ring (bicyclic) bond motifs is 1. The van der Waals surface area contributed by atoms with E-state index in [1.54, 1.807) is 0 Å². The first kappa shape index (κ1) is 12.3. The highest BCUT2D eigenvalue weighted by Crippen LogP contribution is 2.35. The summed E-state index contributed by atoms with van der Waals surface area (Å²) in [5.74, 6) is 0.716. The van der Waals surface area contributed by atoms with Crippen LogP contribution in [0.15, 0.2) is 30.5 Å². The van der Waals surface area contributed by atoms with Crippen LogP contribution in [0.1, 0.15) is 33.6 Å². The van der Waals surface area contributed by atoms with E-state index in [2.05, 4.69) is 28.5 Å². The van der Waals surface area contributed by atoms with Gasteiger partial charge in [0.25, 0.3) is 0 Å². The van der Waals surface area contributed by atoms with Crippen LogP contribution >= 0.6 is 0 Å². The molecule has 1 heterocycles. The molecule has 1 fully saturated rings. The van der Waals surface area contributed by atoms with Crippen molar-refractivity contribution in [1.29, 1.82) is 0 Å². The molecule has 0 radical (unpaired) electrons. The first-order chi connectivity index (χ1) is 9.03. The summed E-state index contributed by atoms with van der Waals surface area (Å²) in [5, 5.41) is 5.82. The van der Waals surface area contributed by atoms with Crippen molar-refractivity contribution in [2.75, 3.05) is 5.32 Å². The molecule has 1 aliphatic rings. The summed E-state index contributed by atoms with van der Waals surface area (Å²) in [6.07, 6.45) is 4.32. The van der Waals surface area contributed by atoms with Crippen molar-refractivity contribution in [1.82, 2.24) is 4.98 Å². The Bertz CT molecular complexity index is 592. The molecule has 1 aromatic heterocycles. The smallest absolute Gasteiger partial charge is 0.223 e. The van der Waals surface area contributed by atoms with Crippen molar-refractivity contribution in [3.63, 3.8) is 0 Å². The Labute approximate surface area is 114 Å². The Hall–Kier alpha value is -1.77. The number of aromatic nitrogens is 1. The molecular weight excluding hydrogens is 236 g/mol. The minimum absolute atomic E-state index is 0.242. The van der Waals surface area contributed by atoms with Gasteiger partial charge < -0.3 is 10.1 Å². The zero-order valence-electron chi connectivity index (χ0n) is 11.7. The molecule has 0 spiro atoms. The van der Waals surface area contributed by atoms with Gasteiger partial charge in [0.1, 0.15) is 5.60 Å². The fraction of sp³-hybridized carbons (Fsp3) is 0.438. The van der Waals surface area contributed by atoms with Crippen molar-refractivity contribution in [2.24, 2.45) is 0 Å². The van der Waals surface area contributed by atoms with E-state index in [1.807, 2.05) is 33.0 Å². The second kappa shape index (κ2) is 4.41. The van der Waals surface area contributed by atoms with E-state index in [4.69, 9.17) is 4.74 Å². The molecule has 1 saturated carbocycles. The van der Waals surface area contributed by atoms with Crippen molar-refractivity contribution in [3.8, 4) is 5.88 Å². The maximum Gasteiger partial charge on any atom is 0.223 e. The Balaban J connectivity index is 2.09. The van der Waals surface area contributed by atoms with Gasteiger partial charge in [0.2, 0.25) is 5.88 Å². The predicted molar refractivity (Wildman–Crippen MR) is 78.8 cm³/mol. The molecule has 0 atom stereocenters. The van der Waals surface area contributed by atoms with Gasteiger partial charge in [-0.05, 0) is 51.1 Å². The number of anilines is 1. The number of nitrogens with one attached hydrogen (secondary N) is 1. The molecule has 0 bridgehead atoms. The first-order valence-electron chi connectivity index (χ1n) is 6.86. The molecule has 1 N–H and O–H groups in total. The third kappa shape index (κ3) is 2.80. The van der Waals surface area contributed by atoms with Gasteiger partial charge in [-0.15, -0.1) is 0 Å². The van der Waals surface area contributed by atoms with Crippen LogP contribution in [0.2, 0.25) is 0 Å². The summed E-state index contributed by atoms with van der Waals surface area (Å²) in [5.41, 5.74) is 0.890. The van der Waals surface area contributed by atoms with E-state index in [1.165, 1.54) is 18.2 Å². The van der Waals surface area contributed by atoms with E-state index in [0.29, 0.717) is 11.9 Å². The minimum Gasteiger partial charge on any atom is -0.471 e. The van der Waals surface area contributed by atoms with E-state index in [9.17, 15) is 0 Å². The van der Waals surface area contributed by atoms with Crippen LogP contribution in [-0.4, -0.2) is 16.6 Å². The van der Waals surface area contributed by atoms with Crippen LogP contribution in [-0.2, 0) is 0 Å². The summed E-state index contributed by atoms with van der Waals surface area (Å²) in [4.78, 5) is 4.42. The molecule has 2 aromatic rings. The number of ether oxygens (including phenoxy) is 1. The van der Waals surface area contributed by atoms with E-state index < -0.39 is 0 Å². The number of rotatable bonds is 3. The highest BCUT2D eigenvalue weighted by Gasteiger charge is 2.23. The number of pyridine rings is 1. The van der Waals surface area contributed by atoms with Gasteiger partial charge in [-0.1, -0.05) is 12.1 Å². The van der Waals surface area contributed by atoms with Crippen molar-refractivity contribution >= 4 is 16.5 Å². The Kier molecular flexibility index (Phi) is 2.85. The van der Waals surface area contributed by atoms with Crippen LogP contribution in [0.4, 0.5) is 5.69 Å². The normalized spacial score (nSPS) is 15.5. The zero-order chi connectivity index (χ0) is 13.5. The van der Waals surface area contributed by atoms with E-state index in [-0.39, 0.29) is 5.60 Å². The lowest BCUT2D eigenvalue weighted by Crippen LogP contribution is -2.23. The number of hydrogen-bond acceptors (Lipinski definition) is 3. The summed E-state index contributed by atoms with van der Waals surface area (Å²) in [6, 6.07) is 8.94. The van der Waals surface area contributed by atoms with Crippen LogP contribution in [0, 0.1) is 0 Å². The van der Waals surface area contributed by atoms with Crippen molar-refractivity contribution in [2.45, 2.75) is 45.3 Å². The largest absolute Gasteiger partial charge is 0.471 e. The summed E-state index contributed by atoms with van der Waals surface area (Å²) in [7, 11) is 0. The van der Waals surface area contributed by atoms with Crippen LogP contribution in [0.3, 0.4) is 0 Å². The van der Waals surface area contributed by atoms with E-state index >= 15 is 0 Å². The molecule has 100 valence electrons. The highest BCUT2D eigenvalue weighted by molar-refractivity contribution is 5.97. The monoisotopic (exact) mass is 256 g/mol. The predicted octanol–water partition coefficient (Wildman–Crippen LogP) is 3.99. The van der Waals surface area contributed by atoms with Gasteiger partial charge >= 0.3 is 0 Å². The Morgan fingerprint density at radius 2 is 2.00 bits per heavy atom. The van der Waals surface area contributed by atoms with Gasteiger partial charge in [-0.2, -0.15) is 0 Å². The Morgan fingerprint density at radius 3 is 2.68 bits per heavy atom. The molecule has 0 aliphatic heterocycles. The lowest BCUT2D eigenvalue weighted by molar-refractivity contribution is 0.126. The SMILES string of the molecule is CC(C)(C)Oc1nccc2cccc(NC3CC3)c12. The molecule has 0 unspecified atom stereocenters. The quantitative estimate of drug-likeness (QED) is 0.901. The fourth-order valence-corrected chi connectivity index (χ4v) is 2.13.